The number of hydrogen-bond acceptors (Lipinski definition) is 2. The molecule has 2 aromatic carbocycles. The van der Waals surface area contributed by atoms with E-state index in [1.54, 1.807) is 0 Å². The van der Waals surface area contributed by atoms with Crippen molar-refractivity contribution in [1.29, 1.82) is 0 Å². The molecule has 0 heterocycles. The Balaban J connectivity index is 2.05. The fraction of sp³-hybridized carbons (Fsp3) is 0.333. The monoisotopic (exact) mass is 302 g/mol. The summed E-state index contributed by atoms with van der Waals surface area (Å²) in [5, 5.41) is 4.17. The smallest absolute Gasteiger partial charge is 0.0410 e. The Bertz CT molecular complexity index is 554. The maximum absolute atomic E-state index is 6.13. The summed E-state index contributed by atoms with van der Waals surface area (Å²) in [5.41, 5.74) is 3.86. The van der Waals surface area contributed by atoms with Gasteiger partial charge in [-0.25, -0.2) is 0 Å². The van der Waals surface area contributed by atoms with Crippen LogP contribution in [0.2, 0.25) is 5.02 Å². The summed E-state index contributed by atoms with van der Waals surface area (Å²) in [6.07, 6.45) is 1.04. The Morgan fingerprint density at radius 2 is 1.86 bits per heavy atom. The normalized spacial score (nSPS) is 10.6. The number of nitrogens with zero attached hydrogens (tertiary/aromatic N) is 1. The third-order valence-corrected chi connectivity index (χ3v) is 3.83. The molecule has 0 saturated heterocycles. The van der Waals surface area contributed by atoms with Gasteiger partial charge in [-0.15, -0.1) is 0 Å². The van der Waals surface area contributed by atoms with Crippen molar-refractivity contribution in [2.75, 3.05) is 25.0 Å². The molecule has 0 amide bonds. The van der Waals surface area contributed by atoms with Gasteiger partial charge in [-0.3, -0.25) is 0 Å². The van der Waals surface area contributed by atoms with Gasteiger partial charge < -0.3 is 10.2 Å². The van der Waals surface area contributed by atoms with Gasteiger partial charge in [0.2, 0.25) is 0 Å². The third kappa shape index (κ3) is 4.76. The lowest BCUT2D eigenvalue weighted by atomic mass is 10.1. The molecule has 0 unspecified atom stereocenters. The zero-order chi connectivity index (χ0) is 15.1. The minimum absolute atomic E-state index is 0.795. The molecule has 0 bridgehead atoms. The van der Waals surface area contributed by atoms with E-state index in [1.807, 2.05) is 6.07 Å². The fourth-order valence-electron chi connectivity index (χ4n) is 2.39. The minimum atomic E-state index is 0.795. The van der Waals surface area contributed by atoms with Crippen LogP contribution in [-0.4, -0.2) is 20.1 Å². The predicted molar refractivity (Wildman–Crippen MR) is 92.2 cm³/mol. The summed E-state index contributed by atoms with van der Waals surface area (Å²) in [4.78, 5) is 2.30. The van der Waals surface area contributed by atoms with Crippen molar-refractivity contribution in [3.8, 4) is 0 Å². The van der Waals surface area contributed by atoms with Gasteiger partial charge in [-0.05, 0) is 42.3 Å². The van der Waals surface area contributed by atoms with Crippen molar-refractivity contribution in [2.45, 2.75) is 19.9 Å². The first-order valence-electron chi connectivity index (χ1n) is 7.45. The van der Waals surface area contributed by atoms with Crippen LogP contribution in [0.25, 0.3) is 0 Å². The molecule has 112 valence electrons. The van der Waals surface area contributed by atoms with Crippen LogP contribution in [0.3, 0.4) is 0 Å². The van der Waals surface area contributed by atoms with Gasteiger partial charge in [0.25, 0.3) is 0 Å². The average Bonchev–Trinajstić information content (AvgIpc) is 2.51. The number of rotatable bonds is 7. The fourth-order valence-corrected chi connectivity index (χ4v) is 2.58. The SMILES string of the molecule is CCNCc1cc(Cl)ccc1N(C)CCc1ccccc1. The molecule has 0 aliphatic rings. The highest BCUT2D eigenvalue weighted by Gasteiger charge is 2.08. The molecule has 0 aliphatic heterocycles. The second kappa shape index (κ2) is 8.06. The molecule has 0 aromatic heterocycles. The Labute approximate surface area is 132 Å². The highest BCUT2D eigenvalue weighted by atomic mass is 35.5. The zero-order valence-corrected chi connectivity index (χ0v) is 13.5. The molecule has 2 aromatic rings. The number of halogens is 1. The van der Waals surface area contributed by atoms with E-state index in [4.69, 9.17) is 11.6 Å². The summed E-state index contributed by atoms with van der Waals surface area (Å²) in [7, 11) is 2.14. The van der Waals surface area contributed by atoms with Gasteiger partial charge >= 0.3 is 0 Å². The van der Waals surface area contributed by atoms with Crippen molar-refractivity contribution in [3.05, 3.63) is 64.7 Å². The first-order valence-corrected chi connectivity index (χ1v) is 7.82. The molecule has 0 fully saturated rings. The first-order chi connectivity index (χ1) is 10.2. The number of hydrogen-bond donors (Lipinski definition) is 1. The molecule has 21 heavy (non-hydrogen) atoms. The van der Waals surface area contributed by atoms with Crippen LogP contribution in [0.15, 0.2) is 48.5 Å². The quantitative estimate of drug-likeness (QED) is 0.827. The van der Waals surface area contributed by atoms with Crippen molar-refractivity contribution >= 4 is 17.3 Å². The molecule has 2 rings (SSSR count). The molecule has 0 aliphatic carbocycles. The average molecular weight is 303 g/mol. The molecule has 3 heteroatoms. The number of anilines is 1. The summed E-state index contributed by atoms with van der Waals surface area (Å²) < 4.78 is 0. The number of benzene rings is 2. The highest BCUT2D eigenvalue weighted by molar-refractivity contribution is 6.30. The van der Waals surface area contributed by atoms with E-state index in [9.17, 15) is 0 Å². The second-order valence-corrected chi connectivity index (χ2v) is 5.65. The Hall–Kier alpha value is -1.51. The standard InChI is InChI=1S/C18H23ClN2/c1-3-20-14-16-13-17(19)9-10-18(16)21(2)12-11-15-7-5-4-6-8-15/h4-10,13,20H,3,11-12,14H2,1-2H3. The van der Waals surface area contributed by atoms with E-state index in [-0.39, 0.29) is 0 Å². The lowest BCUT2D eigenvalue weighted by Crippen LogP contribution is -2.23. The van der Waals surface area contributed by atoms with E-state index >= 15 is 0 Å². The number of likely N-dealkylation sites (N-methyl/N-ethyl adjacent to an activating group) is 1. The molecular formula is C18H23ClN2. The van der Waals surface area contributed by atoms with Crippen LogP contribution in [-0.2, 0) is 13.0 Å². The predicted octanol–water partition coefficient (Wildman–Crippen LogP) is 4.13. The molecule has 1 N–H and O–H groups in total. The van der Waals surface area contributed by atoms with E-state index < -0.39 is 0 Å². The topological polar surface area (TPSA) is 15.3 Å². The lowest BCUT2D eigenvalue weighted by molar-refractivity contribution is 0.723. The molecule has 0 saturated carbocycles. The van der Waals surface area contributed by atoms with E-state index in [2.05, 4.69) is 66.7 Å². The van der Waals surface area contributed by atoms with Crippen LogP contribution < -0.4 is 10.2 Å². The maximum Gasteiger partial charge on any atom is 0.0410 e. The van der Waals surface area contributed by atoms with Gasteiger partial charge in [0.05, 0.1) is 0 Å². The molecule has 0 radical (unpaired) electrons. The molecule has 0 spiro atoms. The van der Waals surface area contributed by atoms with Crippen LogP contribution >= 0.6 is 11.6 Å². The van der Waals surface area contributed by atoms with E-state index in [0.717, 1.165) is 31.1 Å². The Kier molecular flexibility index (Phi) is 6.09. The molecule has 0 atom stereocenters. The third-order valence-electron chi connectivity index (χ3n) is 3.60. The van der Waals surface area contributed by atoms with Gasteiger partial charge in [0, 0.05) is 30.8 Å². The maximum atomic E-state index is 6.13. The van der Waals surface area contributed by atoms with Crippen molar-refractivity contribution in [1.82, 2.24) is 5.32 Å². The van der Waals surface area contributed by atoms with Crippen LogP contribution in [0.5, 0.6) is 0 Å². The summed E-state index contributed by atoms with van der Waals surface area (Å²) in [6.45, 7) is 4.91. The molecule has 2 nitrogen and oxygen atoms in total. The first kappa shape index (κ1) is 15.9. The Morgan fingerprint density at radius 1 is 1.10 bits per heavy atom. The van der Waals surface area contributed by atoms with Gasteiger partial charge in [0.1, 0.15) is 0 Å². The lowest BCUT2D eigenvalue weighted by Gasteiger charge is -2.23. The largest absolute Gasteiger partial charge is 0.374 e. The Morgan fingerprint density at radius 3 is 2.57 bits per heavy atom. The minimum Gasteiger partial charge on any atom is -0.374 e. The summed E-state index contributed by atoms with van der Waals surface area (Å²) >= 11 is 6.13. The van der Waals surface area contributed by atoms with Crippen LogP contribution in [0, 0.1) is 0 Å². The molecular weight excluding hydrogens is 280 g/mol. The van der Waals surface area contributed by atoms with E-state index in [0.29, 0.717) is 0 Å². The van der Waals surface area contributed by atoms with Crippen LogP contribution in [0.1, 0.15) is 18.1 Å². The van der Waals surface area contributed by atoms with Crippen molar-refractivity contribution in [2.24, 2.45) is 0 Å². The van der Waals surface area contributed by atoms with Gasteiger partial charge in [-0.2, -0.15) is 0 Å². The van der Waals surface area contributed by atoms with Crippen molar-refractivity contribution in [3.63, 3.8) is 0 Å². The summed E-state index contributed by atoms with van der Waals surface area (Å²) in [5.74, 6) is 0. The second-order valence-electron chi connectivity index (χ2n) is 5.21. The number of nitrogens with one attached hydrogen (secondary N) is 1. The van der Waals surface area contributed by atoms with E-state index in [1.165, 1.54) is 16.8 Å². The van der Waals surface area contributed by atoms with Gasteiger partial charge in [-0.1, -0.05) is 48.9 Å². The van der Waals surface area contributed by atoms with Crippen molar-refractivity contribution < 1.29 is 0 Å². The summed E-state index contributed by atoms with van der Waals surface area (Å²) in [6, 6.07) is 16.7. The van der Waals surface area contributed by atoms with Crippen LogP contribution in [0.4, 0.5) is 5.69 Å². The zero-order valence-electron chi connectivity index (χ0n) is 12.8. The van der Waals surface area contributed by atoms with Gasteiger partial charge in [0.15, 0.2) is 0 Å². The highest BCUT2D eigenvalue weighted by Crippen LogP contribution is 2.23.